The molecule has 0 fully saturated rings. The smallest absolute Gasteiger partial charge is 0.00389 e. The van der Waals surface area contributed by atoms with Crippen LogP contribution in [0.2, 0.25) is 0 Å². The van der Waals surface area contributed by atoms with Gasteiger partial charge in [-0.2, -0.15) is 0 Å². The molecule has 0 N–H and O–H groups in total. The maximum Gasteiger partial charge on any atom is -0.00389 e. The molecule has 0 heteroatoms. The highest BCUT2D eigenvalue weighted by atomic mass is 14.2. The lowest BCUT2D eigenvalue weighted by atomic mass is 9.91. The molecular weight excluding hydrogens is 745 g/mol. The third kappa shape index (κ3) is 8.23. The van der Waals surface area contributed by atoms with Crippen molar-refractivity contribution in [1.29, 1.82) is 0 Å². The summed E-state index contributed by atoms with van der Waals surface area (Å²) in [6, 6.07) is 82.7. The van der Waals surface area contributed by atoms with Crippen LogP contribution in [0.1, 0.15) is 55.6 Å². The molecule has 0 nitrogen and oxygen atoms in total. The molecule has 0 heterocycles. The van der Waals surface area contributed by atoms with E-state index in [4.69, 9.17) is 0 Å². The highest BCUT2D eigenvalue weighted by molar-refractivity contribution is 6.04. The molecule has 0 atom stereocenters. The van der Waals surface area contributed by atoms with Crippen LogP contribution in [0.3, 0.4) is 0 Å². The zero-order valence-electron chi connectivity index (χ0n) is 34.4. The highest BCUT2D eigenvalue weighted by Gasteiger charge is 2.11. The molecule has 0 saturated carbocycles. The van der Waals surface area contributed by atoms with E-state index in [0.717, 1.165) is 22.3 Å². The van der Waals surface area contributed by atoms with Gasteiger partial charge in [-0.3, -0.25) is 0 Å². The maximum absolute atomic E-state index is 2.31. The fraction of sp³-hybridized carbons (Fsp3) is 0. The lowest BCUT2D eigenvalue weighted by molar-refractivity contribution is 1.57. The normalized spacial score (nSPS) is 12.3. The molecule has 10 aromatic rings. The second-order valence-corrected chi connectivity index (χ2v) is 15.7. The van der Waals surface area contributed by atoms with Crippen molar-refractivity contribution >= 4 is 79.9 Å². The summed E-state index contributed by atoms with van der Waals surface area (Å²) >= 11 is 0. The van der Waals surface area contributed by atoms with Gasteiger partial charge in [0, 0.05) is 0 Å². The molecule has 0 aromatic heterocycles. The standard InChI is InChI=1S/C62H44/c1-3-15-51(16-4-1)60(58-29-13-21-49-19-7-9-27-56(49)58)43-47-35-31-45(32-36-47)39-41-54-25-11-23-53-24-12-26-55(62(53)54)42-40-46-33-37-48(38-34-46)44-61(52-17-5-2-6-18-52)59-30-14-22-50-20-8-10-28-57(50)59/h1-44H/b41-39+,42-40+,60-43+,61-44+. The molecule has 10 aromatic carbocycles. The Labute approximate surface area is 364 Å². The van der Waals surface area contributed by atoms with Crippen molar-refractivity contribution < 1.29 is 0 Å². The third-order valence-electron chi connectivity index (χ3n) is 11.7. The van der Waals surface area contributed by atoms with E-state index >= 15 is 0 Å². The van der Waals surface area contributed by atoms with Gasteiger partial charge in [-0.1, -0.05) is 255 Å². The molecule has 62 heavy (non-hydrogen) atoms. The Kier molecular flexibility index (Phi) is 10.9. The summed E-state index contributed by atoms with van der Waals surface area (Å²) in [6.45, 7) is 0. The van der Waals surface area contributed by atoms with Crippen LogP contribution in [0.25, 0.3) is 79.9 Å². The molecule has 0 aliphatic carbocycles. The second-order valence-electron chi connectivity index (χ2n) is 15.7. The molecule has 292 valence electrons. The molecule has 0 unspecified atom stereocenters. The first-order valence-corrected chi connectivity index (χ1v) is 21.3. The molecule has 0 aliphatic rings. The van der Waals surface area contributed by atoms with Crippen LogP contribution in [0.4, 0.5) is 0 Å². The van der Waals surface area contributed by atoms with Gasteiger partial charge in [0.2, 0.25) is 0 Å². The van der Waals surface area contributed by atoms with Gasteiger partial charge >= 0.3 is 0 Å². The van der Waals surface area contributed by atoms with E-state index in [-0.39, 0.29) is 0 Å². The van der Waals surface area contributed by atoms with Gasteiger partial charge in [0.05, 0.1) is 0 Å². The van der Waals surface area contributed by atoms with Crippen molar-refractivity contribution in [3.63, 3.8) is 0 Å². The number of benzene rings is 10. The Morgan fingerprint density at radius 2 is 0.613 bits per heavy atom. The first-order valence-electron chi connectivity index (χ1n) is 21.3. The third-order valence-corrected chi connectivity index (χ3v) is 11.7. The van der Waals surface area contributed by atoms with Gasteiger partial charge in [0.25, 0.3) is 0 Å². The Bertz CT molecular complexity index is 3060. The number of rotatable bonds is 10. The van der Waals surface area contributed by atoms with Gasteiger partial charge in [0.1, 0.15) is 0 Å². The first-order chi connectivity index (χ1) is 30.7. The van der Waals surface area contributed by atoms with Gasteiger partial charge in [-0.05, 0) is 111 Å². The SMILES string of the molecule is C(=C\c1cccc2cccc(/C=C/c3ccc(/C=C(\c4ccccc4)c4cccc5ccccc45)cc3)c12)/c1ccc(/C=C(\c2ccccc2)c2cccc3ccccc23)cc1. The highest BCUT2D eigenvalue weighted by Crippen LogP contribution is 2.34. The number of hydrogen-bond donors (Lipinski definition) is 0. The predicted molar refractivity (Wildman–Crippen MR) is 269 cm³/mol. The minimum atomic E-state index is 1.16. The Morgan fingerprint density at radius 1 is 0.258 bits per heavy atom. The summed E-state index contributed by atoms with van der Waals surface area (Å²) < 4.78 is 0. The summed E-state index contributed by atoms with van der Waals surface area (Å²) in [7, 11) is 0. The lowest BCUT2D eigenvalue weighted by Crippen LogP contribution is -1.90. The van der Waals surface area contributed by atoms with E-state index in [9.17, 15) is 0 Å². The summed E-state index contributed by atoms with van der Waals surface area (Å²) in [5.74, 6) is 0. The minimum Gasteiger partial charge on any atom is -0.0622 e. The Morgan fingerprint density at radius 3 is 1.06 bits per heavy atom. The predicted octanol–water partition coefficient (Wildman–Crippen LogP) is 16.7. The monoisotopic (exact) mass is 788 g/mol. The summed E-state index contributed by atoms with van der Waals surface area (Å²) in [6.07, 6.45) is 13.6. The van der Waals surface area contributed by atoms with Crippen molar-refractivity contribution in [3.8, 4) is 0 Å². The van der Waals surface area contributed by atoms with Gasteiger partial charge in [-0.25, -0.2) is 0 Å². The second kappa shape index (κ2) is 17.7. The van der Waals surface area contributed by atoms with E-state index < -0.39 is 0 Å². The van der Waals surface area contributed by atoms with Crippen LogP contribution in [-0.2, 0) is 0 Å². The fourth-order valence-corrected chi connectivity index (χ4v) is 8.58. The van der Waals surface area contributed by atoms with Crippen LogP contribution >= 0.6 is 0 Å². The van der Waals surface area contributed by atoms with Gasteiger partial charge in [-0.15, -0.1) is 0 Å². The molecule has 10 rings (SSSR count). The van der Waals surface area contributed by atoms with E-state index in [1.54, 1.807) is 0 Å². The topological polar surface area (TPSA) is 0 Å². The molecule has 0 bridgehead atoms. The van der Waals surface area contributed by atoms with E-state index in [1.165, 1.54) is 76.8 Å². The molecule has 0 aliphatic heterocycles. The first kappa shape index (κ1) is 38.2. The molecule has 0 spiro atoms. The lowest BCUT2D eigenvalue weighted by Gasteiger charge is -2.12. The summed E-state index contributed by atoms with van der Waals surface area (Å²) in [5, 5.41) is 7.46. The van der Waals surface area contributed by atoms with Crippen LogP contribution in [0.5, 0.6) is 0 Å². The zero-order chi connectivity index (χ0) is 41.5. The zero-order valence-corrected chi connectivity index (χ0v) is 34.4. The fourth-order valence-electron chi connectivity index (χ4n) is 8.58. The minimum absolute atomic E-state index is 1.16. The van der Waals surface area contributed by atoms with Crippen molar-refractivity contribution in [2.24, 2.45) is 0 Å². The molecule has 0 radical (unpaired) electrons. The van der Waals surface area contributed by atoms with Crippen molar-refractivity contribution in [1.82, 2.24) is 0 Å². The van der Waals surface area contributed by atoms with Gasteiger partial charge in [0.15, 0.2) is 0 Å². The van der Waals surface area contributed by atoms with Crippen molar-refractivity contribution in [3.05, 3.63) is 286 Å². The molecule has 0 amide bonds. The van der Waals surface area contributed by atoms with E-state index in [1.807, 2.05) is 0 Å². The molecule has 0 saturated heterocycles. The summed E-state index contributed by atoms with van der Waals surface area (Å²) in [4.78, 5) is 0. The Balaban J connectivity index is 0.917. The number of hydrogen-bond acceptors (Lipinski definition) is 0. The number of fused-ring (bicyclic) bond motifs is 3. The van der Waals surface area contributed by atoms with Crippen molar-refractivity contribution in [2.75, 3.05) is 0 Å². The van der Waals surface area contributed by atoms with E-state index in [0.29, 0.717) is 0 Å². The van der Waals surface area contributed by atoms with Crippen LogP contribution in [-0.4, -0.2) is 0 Å². The van der Waals surface area contributed by atoms with E-state index in [2.05, 4.69) is 267 Å². The van der Waals surface area contributed by atoms with Crippen LogP contribution in [0.15, 0.2) is 231 Å². The average Bonchev–Trinajstić information content (AvgIpc) is 3.34. The summed E-state index contributed by atoms with van der Waals surface area (Å²) in [5.41, 5.74) is 14.3. The quantitative estimate of drug-likeness (QED) is 0.121. The van der Waals surface area contributed by atoms with Crippen LogP contribution in [0, 0.1) is 0 Å². The van der Waals surface area contributed by atoms with Crippen LogP contribution < -0.4 is 0 Å². The largest absolute Gasteiger partial charge is 0.0622 e. The van der Waals surface area contributed by atoms with Crippen molar-refractivity contribution in [2.45, 2.75) is 0 Å². The Hall–Kier alpha value is -8.06. The maximum atomic E-state index is 2.31. The average molecular weight is 789 g/mol. The van der Waals surface area contributed by atoms with Gasteiger partial charge < -0.3 is 0 Å². The molecular formula is C62H44.